The molecule has 21 heavy (non-hydrogen) atoms. The molecule has 2 heterocycles. The van der Waals surface area contributed by atoms with E-state index in [1.165, 1.54) is 11.1 Å². The minimum absolute atomic E-state index is 0.0493. The zero-order valence-electron chi connectivity index (χ0n) is 12.6. The Morgan fingerprint density at radius 3 is 2.62 bits per heavy atom. The Kier molecular flexibility index (Phi) is 5.20. The van der Waals surface area contributed by atoms with Crippen LogP contribution in [-0.2, 0) is 6.54 Å². The molecule has 4 nitrogen and oxygen atoms in total. The summed E-state index contributed by atoms with van der Waals surface area (Å²) in [5.41, 5.74) is 0.820. The Balaban J connectivity index is 2.27. The standard InChI is InChI=1S/C16H21NO3S/c1-4-13(10-18)17(9-14-6-5-12(3)21-14)16(19)15-11(2)7-8-20-15/h5-8,13,18H,4,9-10H2,1-3H3/t13-/m1/s1. The third-order valence-electron chi connectivity index (χ3n) is 3.56. The van der Waals surface area contributed by atoms with Crippen LogP contribution in [0.1, 0.15) is 39.2 Å². The van der Waals surface area contributed by atoms with E-state index in [0.717, 1.165) is 10.4 Å². The van der Waals surface area contributed by atoms with Crippen molar-refractivity contribution in [2.75, 3.05) is 6.61 Å². The van der Waals surface area contributed by atoms with Crippen LogP contribution in [0.2, 0.25) is 0 Å². The molecule has 5 heteroatoms. The molecule has 0 unspecified atom stereocenters. The van der Waals surface area contributed by atoms with Crippen molar-refractivity contribution in [1.29, 1.82) is 0 Å². The first-order valence-corrected chi connectivity index (χ1v) is 7.89. The molecule has 2 rings (SSSR count). The van der Waals surface area contributed by atoms with Crippen LogP contribution < -0.4 is 0 Å². The van der Waals surface area contributed by atoms with Crippen molar-refractivity contribution in [3.8, 4) is 0 Å². The molecule has 0 spiro atoms. The average molecular weight is 307 g/mol. The molecule has 1 amide bonds. The fourth-order valence-electron chi connectivity index (χ4n) is 2.28. The lowest BCUT2D eigenvalue weighted by Crippen LogP contribution is -2.41. The highest BCUT2D eigenvalue weighted by molar-refractivity contribution is 7.11. The first-order chi connectivity index (χ1) is 10.1. The van der Waals surface area contributed by atoms with Crippen molar-refractivity contribution in [1.82, 2.24) is 4.90 Å². The Bertz CT molecular complexity index is 598. The largest absolute Gasteiger partial charge is 0.459 e. The van der Waals surface area contributed by atoms with Crippen molar-refractivity contribution in [2.24, 2.45) is 0 Å². The zero-order valence-corrected chi connectivity index (χ0v) is 13.4. The van der Waals surface area contributed by atoms with Crippen LogP contribution >= 0.6 is 11.3 Å². The number of carbonyl (C=O) groups excluding carboxylic acids is 1. The maximum Gasteiger partial charge on any atom is 0.290 e. The third-order valence-corrected chi connectivity index (χ3v) is 4.55. The van der Waals surface area contributed by atoms with Crippen LogP contribution in [0, 0.1) is 13.8 Å². The number of aliphatic hydroxyl groups excluding tert-OH is 1. The van der Waals surface area contributed by atoms with E-state index < -0.39 is 0 Å². The molecule has 0 fully saturated rings. The number of aryl methyl sites for hydroxylation is 2. The van der Waals surface area contributed by atoms with Crippen molar-refractivity contribution >= 4 is 17.2 Å². The van der Waals surface area contributed by atoms with Gasteiger partial charge in [0.15, 0.2) is 5.76 Å². The van der Waals surface area contributed by atoms with Gasteiger partial charge in [-0.1, -0.05) is 6.92 Å². The molecule has 0 aliphatic carbocycles. The Morgan fingerprint density at radius 2 is 2.14 bits per heavy atom. The molecule has 0 saturated carbocycles. The summed E-state index contributed by atoms with van der Waals surface area (Å²) in [7, 11) is 0. The van der Waals surface area contributed by atoms with E-state index in [-0.39, 0.29) is 18.6 Å². The molecule has 2 aromatic heterocycles. The lowest BCUT2D eigenvalue weighted by Gasteiger charge is -2.29. The van der Waals surface area contributed by atoms with Crippen molar-refractivity contribution < 1.29 is 14.3 Å². The van der Waals surface area contributed by atoms with E-state index in [2.05, 4.69) is 0 Å². The molecule has 0 aromatic carbocycles. The zero-order chi connectivity index (χ0) is 15.4. The van der Waals surface area contributed by atoms with E-state index >= 15 is 0 Å². The van der Waals surface area contributed by atoms with Crippen LogP contribution in [0.25, 0.3) is 0 Å². The second-order valence-corrected chi connectivity index (χ2v) is 6.50. The van der Waals surface area contributed by atoms with E-state index in [1.807, 2.05) is 32.9 Å². The van der Waals surface area contributed by atoms with E-state index in [1.54, 1.807) is 22.3 Å². The molecule has 0 bridgehead atoms. The minimum Gasteiger partial charge on any atom is -0.459 e. The quantitative estimate of drug-likeness (QED) is 0.890. The molecule has 114 valence electrons. The fourth-order valence-corrected chi connectivity index (χ4v) is 3.16. The Labute approximate surface area is 129 Å². The summed E-state index contributed by atoms with van der Waals surface area (Å²) in [5.74, 6) is 0.194. The van der Waals surface area contributed by atoms with Gasteiger partial charge in [-0.25, -0.2) is 0 Å². The van der Waals surface area contributed by atoms with Crippen LogP contribution in [0.15, 0.2) is 28.9 Å². The van der Waals surface area contributed by atoms with Gasteiger partial charge in [-0.15, -0.1) is 11.3 Å². The number of hydrogen-bond donors (Lipinski definition) is 1. The average Bonchev–Trinajstić information content (AvgIpc) is 3.07. The van der Waals surface area contributed by atoms with Gasteiger partial charge in [0.05, 0.1) is 25.5 Å². The van der Waals surface area contributed by atoms with Gasteiger partial charge in [0.25, 0.3) is 5.91 Å². The molecule has 1 N–H and O–H groups in total. The first-order valence-electron chi connectivity index (χ1n) is 7.08. The highest BCUT2D eigenvalue weighted by Crippen LogP contribution is 2.22. The van der Waals surface area contributed by atoms with Gasteiger partial charge in [0.2, 0.25) is 0 Å². The maximum atomic E-state index is 12.7. The minimum atomic E-state index is -0.204. The summed E-state index contributed by atoms with van der Waals surface area (Å²) in [6, 6.07) is 5.64. The number of amides is 1. The Morgan fingerprint density at radius 1 is 1.38 bits per heavy atom. The smallest absolute Gasteiger partial charge is 0.290 e. The van der Waals surface area contributed by atoms with Crippen LogP contribution in [0.3, 0.4) is 0 Å². The normalized spacial score (nSPS) is 12.4. The van der Waals surface area contributed by atoms with Crippen LogP contribution in [0.5, 0.6) is 0 Å². The number of aliphatic hydroxyl groups is 1. The summed E-state index contributed by atoms with van der Waals surface area (Å²) in [6.07, 6.45) is 2.22. The number of rotatable bonds is 6. The van der Waals surface area contributed by atoms with Gasteiger partial charge in [-0.2, -0.15) is 0 Å². The van der Waals surface area contributed by atoms with Crippen molar-refractivity contribution in [2.45, 2.75) is 39.8 Å². The fraction of sp³-hybridized carbons (Fsp3) is 0.438. The second-order valence-electron chi connectivity index (χ2n) is 5.12. The van der Waals surface area contributed by atoms with Crippen LogP contribution in [0.4, 0.5) is 0 Å². The van der Waals surface area contributed by atoms with Gasteiger partial charge in [0.1, 0.15) is 0 Å². The highest BCUT2D eigenvalue weighted by atomic mass is 32.1. The predicted octanol–water partition coefficient (Wildman–Crippen LogP) is 3.37. The number of carbonyl (C=O) groups is 1. The summed E-state index contributed by atoms with van der Waals surface area (Å²) < 4.78 is 5.32. The van der Waals surface area contributed by atoms with Gasteiger partial charge in [-0.05, 0) is 38.5 Å². The maximum absolute atomic E-state index is 12.7. The topological polar surface area (TPSA) is 53.7 Å². The van der Waals surface area contributed by atoms with Gasteiger partial charge in [0, 0.05) is 15.3 Å². The molecular formula is C16H21NO3S. The third kappa shape index (κ3) is 3.54. The molecule has 0 radical (unpaired) electrons. The number of furan rings is 1. The number of hydrogen-bond acceptors (Lipinski definition) is 4. The SMILES string of the molecule is CC[C@H](CO)N(Cc1ccc(C)s1)C(=O)c1occc1C. The second kappa shape index (κ2) is 6.91. The summed E-state index contributed by atoms with van der Waals surface area (Å²) in [4.78, 5) is 16.7. The van der Waals surface area contributed by atoms with Crippen molar-refractivity contribution in [3.05, 3.63) is 45.5 Å². The molecular weight excluding hydrogens is 286 g/mol. The van der Waals surface area contributed by atoms with E-state index in [0.29, 0.717) is 18.7 Å². The van der Waals surface area contributed by atoms with Crippen molar-refractivity contribution in [3.63, 3.8) is 0 Å². The first kappa shape index (κ1) is 15.8. The lowest BCUT2D eigenvalue weighted by molar-refractivity contribution is 0.0534. The van der Waals surface area contributed by atoms with Gasteiger partial charge >= 0.3 is 0 Å². The Hall–Kier alpha value is -1.59. The summed E-state index contributed by atoms with van der Waals surface area (Å²) in [5, 5.41) is 9.57. The molecule has 2 aromatic rings. The predicted molar refractivity (Wildman–Crippen MR) is 83.5 cm³/mol. The van der Waals surface area contributed by atoms with E-state index in [9.17, 15) is 9.90 Å². The summed E-state index contributed by atoms with van der Waals surface area (Å²) in [6.45, 7) is 6.31. The number of nitrogens with zero attached hydrogens (tertiary/aromatic N) is 1. The van der Waals surface area contributed by atoms with Gasteiger partial charge < -0.3 is 14.4 Å². The molecule has 1 atom stereocenters. The highest BCUT2D eigenvalue weighted by Gasteiger charge is 2.26. The molecule has 0 aliphatic rings. The van der Waals surface area contributed by atoms with Crippen LogP contribution in [-0.4, -0.2) is 28.6 Å². The molecule has 0 saturated heterocycles. The molecule has 0 aliphatic heterocycles. The lowest BCUT2D eigenvalue weighted by atomic mass is 10.1. The number of thiophene rings is 1. The van der Waals surface area contributed by atoms with E-state index in [4.69, 9.17) is 4.42 Å². The van der Waals surface area contributed by atoms with Gasteiger partial charge in [-0.3, -0.25) is 4.79 Å². The summed E-state index contributed by atoms with van der Waals surface area (Å²) >= 11 is 1.67. The monoisotopic (exact) mass is 307 g/mol.